The number of carbonyl (C=O) groups is 1. The molecular weight excluding hydrogens is 334 g/mol. The molecule has 0 saturated carbocycles. The van der Waals surface area contributed by atoms with Gasteiger partial charge in [0.2, 0.25) is 0 Å². The SMILES string of the molecule is Cc1cc(-c2ccc3c(c2)CN(C2CCCNC2)C3=O)nc2ccccc12. The number of piperidine rings is 1. The molecule has 2 aliphatic rings. The van der Waals surface area contributed by atoms with Crippen LogP contribution in [0.15, 0.2) is 48.5 Å². The van der Waals surface area contributed by atoms with Crippen molar-refractivity contribution < 1.29 is 4.79 Å². The van der Waals surface area contributed by atoms with Crippen molar-refractivity contribution in [1.29, 1.82) is 0 Å². The van der Waals surface area contributed by atoms with Crippen molar-refractivity contribution in [2.24, 2.45) is 0 Å². The molecule has 0 radical (unpaired) electrons. The average Bonchev–Trinajstić information content (AvgIpc) is 3.05. The van der Waals surface area contributed by atoms with Crippen LogP contribution in [0.5, 0.6) is 0 Å². The van der Waals surface area contributed by atoms with Crippen LogP contribution in [0.25, 0.3) is 22.2 Å². The zero-order valence-electron chi connectivity index (χ0n) is 15.5. The predicted molar refractivity (Wildman–Crippen MR) is 108 cm³/mol. The quantitative estimate of drug-likeness (QED) is 0.756. The van der Waals surface area contributed by atoms with Gasteiger partial charge in [-0.15, -0.1) is 0 Å². The number of aromatic nitrogens is 1. The van der Waals surface area contributed by atoms with Gasteiger partial charge in [0.05, 0.1) is 11.2 Å². The Hall–Kier alpha value is -2.72. The Morgan fingerprint density at radius 3 is 2.89 bits per heavy atom. The molecule has 27 heavy (non-hydrogen) atoms. The lowest BCUT2D eigenvalue weighted by Gasteiger charge is -2.31. The zero-order valence-corrected chi connectivity index (χ0v) is 15.5. The van der Waals surface area contributed by atoms with Crippen LogP contribution < -0.4 is 5.32 Å². The molecule has 1 N–H and O–H groups in total. The third-order valence-corrected chi connectivity index (χ3v) is 5.87. The number of carbonyl (C=O) groups excluding carboxylic acids is 1. The molecule has 3 aromatic rings. The van der Waals surface area contributed by atoms with E-state index < -0.39 is 0 Å². The van der Waals surface area contributed by atoms with Gasteiger partial charge in [0.25, 0.3) is 5.91 Å². The van der Waals surface area contributed by atoms with Crippen LogP contribution >= 0.6 is 0 Å². The van der Waals surface area contributed by atoms with E-state index >= 15 is 0 Å². The van der Waals surface area contributed by atoms with E-state index in [1.807, 2.05) is 29.2 Å². The molecular formula is C23H23N3O. The second-order valence-corrected chi connectivity index (χ2v) is 7.65. The molecule has 4 nitrogen and oxygen atoms in total. The summed E-state index contributed by atoms with van der Waals surface area (Å²) in [6, 6.07) is 16.9. The van der Waals surface area contributed by atoms with Crippen molar-refractivity contribution in [2.45, 2.75) is 32.4 Å². The maximum Gasteiger partial charge on any atom is 0.254 e. The van der Waals surface area contributed by atoms with Crippen molar-refractivity contribution in [2.75, 3.05) is 13.1 Å². The van der Waals surface area contributed by atoms with E-state index in [2.05, 4.69) is 36.5 Å². The molecule has 1 amide bonds. The maximum atomic E-state index is 12.9. The molecule has 136 valence electrons. The Morgan fingerprint density at radius 2 is 2.04 bits per heavy atom. The van der Waals surface area contributed by atoms with Crippen molar-refractivity contribution >= 4 is 16.8 Å². The Labute approximate surface area is 159 Å². The molecule has 0 spiro atoms. The summed E-state index contributed by atoms with van der Waals surface area (Å²) in [4.78, 5) is 19.7. The Bertz CT molecular complexity index is 1040. The molecule has 0 aliphatic carbocycles. The summed E-state index contributed by atoms with van der Waals surface area (Å²) in [5, 5.41) is 4.60. The van der Waals surface area contributed by atoms with Gasteiger partial charge in [-0.1, -0.05) is 24.3 Å². The topological polar surface area (TPSA) is 45.2 Å². The van der Waals surface area contributed by atoms with Gasteiger partial charge in [0.15, 0.2) is 0 Å². The summed E-state index contributed by atoms with van der Waals surface area (Å²) < 4.78 is 0. The largest absolute Gasteiger partial charge is 0.330 e. The molecule has 1 unspecified atom stereocenters. The van der Waals surface area contributed by atoms with E-state index in [0.717, 1.165) is 53.8 Å². The molecule has 3 heterocycles. The third-order valence-electron chi connectivity index (χ3n) is 5.87. The first-order chi connectivity index (χ1) is 13.2. The highest BCUT2D eigenvalue weighted by Gasteiger charge is 2.33. The first kappa shape index (κ1) is 16.5. The first-order valence-electron chi connectivity index (χ1n) is 9.72. The Balaban J connectivity index is 1.50. The number of aryl methyl sites for hydroxylation is 1. The normalized spacial score (nSPS) is 19.5. The standard InChI is InChI=1S/C23H23N3O/c1-15-11-22(25-21-7-3-2-6-19(15)21)16-8-9-20-17(12-16)14-26(23(20)27)18-5-4-10-24-13-18/h2-3,6-9,11-12,18,24H,4-5,10,13-14H2,1H3. The van der Waals surface area contributed by atoms with Crippen LogP contribution in [0.4, 0.5) is 0 Å². The minimum absolute atomic E-state index is 0.174. The number of nitrogens with zero attached hydrogens (tertiary/aromatic N) is 2. The number of pyridine rings is 1. The van der Waals surface area contributed by atoms with Crippen molar-refractivity contribution in [3.63, 3.8) is 0 Å². The van der Waals surface area contributed by atoms with Crippen LogP contribution in [-0.4, -0.2) is 34.9 Å². The van der Waals surface area contributed by atoms with Crippen LogP contribution in [0.1, 0.15) is 34.3 Å². The number of para-hydroxylation sites is 1. The fourth-order valence-corrected chi connectivity index (χ4v) is 4.39. The number of amides is 1. The smallest absolute Gasteiger partial charge is 0.254 e. The Morgan fingerprint density at radius 1 is 1.15 bits per heavy atom. The summed E-state index contributed by atoms with van der Waals surface area (Å²) in [7, 11) is 0. The lowest BCUT2D eigenvalue weighted by atomic mass is 10.0. The highest BCUT2D eigenvalue weighted by Crippen LogP contribution is 2.31. The summed E-state index contributed by atoms with van der Waals surface area (Å²) in [6.07, 6.45) is 2.22. The van der Waals surface area contributed by atoms with E-state index in [9.17, 15) is 4.79 Å². The van der Waals surface area contributed by atoms with Crippen molar-refractivity contribution in [3.05, 3.63) is 65.2 Å². The summed E-state index contributed by atoms with van der Waals surface area (Å²) in [5.74, 6) is 0.174. The molecule has 2 aromatic carbocycles. The van der Waals surface area contributed by atoms with Gasteiger partial charge in [-0.2, -0.15) is 0 Å². The fraction of sp³-hybridized carbons (Fsp3) is 0.304. The van der Waals surface area contributed by atoms with Crippen LogP contribution in [0, 0.1) is 6.92 Å². The summed E-state index contributed by atoms with van der Waals surface area (Å²) in [5.41, 5.74) is 6.26. The lowest BCUT2D eigenvalue weighted by Crippen LogP contribution is -2.46. The van der Waals surface area contributed by atoms with Gasteiger partial charge in [0.1, 0.15) is 0 Å². The molecule has 5 rings (SSSR count). The molecule has 1 atom stereocenters. The van der Waals surface area contributed by atoms with E-state index in [0.29, 0.717) is 12.6 Å². The van der Waals surface area contributed by atoms with Crippen LogP contribution in [0.2, 0.25) is 0 Å². The molecule has 1 aromatic heterocycles. The van der Waals surface area contributed by atoms with Gasteiger partial charge in [-0.3, -0.25) is 4.79 Å². The Kier molecular flexibility index (Phi) is 3.94. The van der Waals surface area contributed by atoms with Gasteiger partial charge in [-0.25, -0.2) is 4.98 Å². The second kappa shape index (κ2) is 6.46. The number of hydrogen-bond donors (Lipinski definition) is 1. The van der Waals surface area contributed by atoms with Crippen molar-refractivity contribution in [1.82, 2.24) is 15.2 Å². The van der Waals surface area contributed by atoms with Gasteiger partial charge in [-0.05, 0) is 61.7 Å². The maximum absolute atomic E-state index is 12.9. The van der Waals surface area contributed by atoms with Crippen molar-refractivity contribution in [3.8, 4) is 11.3 Å². The van der Waals surface area contributed by atoms with E-state index in [1.165, 1.54) is 10.9 Å². The van der Waals surface area contributed by atoms with E-state index in [4.69, 9.17) is 4.98 Å². The zero-order chi connectivity index (χ0) is 18.4. The number of fused-ring (bicyclic) bond motifs is 2. The minimum Gasteiger partial charge on any atom is -0.330 e. The number of benzene rings is 2. The van der Waals surface area contributed by atoms with Gasteiger partial charge in [0, 0.05) is 35.6 Å². The first-order valence-corrected chi connectivity index (χ1v) is 9.72. The monoisotopic (exact) mass is 357 g/mol. The highest BCUT2D eigenvalue weighted by atomic mass is 16.2. The molecule has 1 fully saturated rings. The molecule has 4 heteroatoms. The lowest BCUT2D eigenvalue weighted by molar-refractivity contribution is 0.0674. The molecule has 1 saturated heterocycles. The molecule has 0 bridgehead atoms. The minimum atomic E-state index is 0.174. The number of hydrogen-bond acceptors (Lipinski definition) is 3. The van der Waals surface area contributed by atoms with Crippen LogP contribution in [0.3, 0.4) is 0 Å². The predicted octanol–water partition coefficient (Wildman–Crippen LogP) is 3.92. The van der Waals surface area contributed by atoms with E-state index in [1.54, 1.807) is 0 Å². The highest BCUT2D eigenvalue weighted by molar-refractivity contribution is 5.99. The summed E-state index contributed by atoms with van der Waals surface area (Å²) in [6.45, 7) is 4.80. The van der Waals surface area contributed by atoms with Gasteiger partial charge < -0.3 is 10.2 Å². The second-order valence-electron chi connectivity index (χ2n) is 7.65. The average molecular weight is 357 g/mol. The number of rotatable bonds is 2. The van der Waals surface area contributed by atoms with E-state index in [-0.39, 0.29) is 5.91 Å². The fourth-order valence-electron chi connectivity index (χ4n) is 4.39. The summed E-state index contributed by atoms with van der Waals surface area (Å²) >= 11 is 0. The van der Waals surface area contributed by atoms with Gasteiger partial charge >= 0.3 is 0 Å². The van der Waals surface area contributed by atoms with Crippen LogP contribution in [-0.2, 0) is 6.54 Å². The molecule has 2 aliphatic heterocycles. The third kappa shape index (κ3) is 2.81. The number of nitrogens with one attached hydrogen (secondary N) is 1.